The molecule has 15 heavy (non-hydrogen) atoms. The Morgan fingerprint density at radius 1 is 1.40 bits per heavy atom. The van der Waals surface area contributed by atoms with Gasteiger partial charge in [-0.2, -0.15) is 0 Å². The fourth-order valence-corrected chi connectivity index (χ4v) is 2.94. The smallest absolute Gasteiger partial charge is 0.107 e. The molecule has 1 aromatic heterocycles. The summed E-state index contributed by atoms with van der Waals surface area (Å²) in [6.07, 6.45) is 2.72. The van der Waals surface area contributed by atoms with Gasteiger partial charge >= 0.3 is 0 Å². The van der Waals surface area contributed by atoms with Gasteiger partial charge in [-0.05, 0) is 12.8 Å². The Morgan fingerprint density at radius 3 is 2.93 bits per heavy atom. The number of nitrogens with one attached hydrogen (secondary N) is 1. The molecule has 0 amide bonds. The second-order valence-electron chi connectivity index (χ2n) is 4.47. The highest BCUT2D eigenvalue weighted by Crippen LogP contribution is 2.40. The Morgan fingerprint density at radius 2 is 2.20 bits per heavy atom. The summed E-state index contributed by atoms with van der Waals surface area (Å²) in [7, 11) is 0. The molecule has 0 atom stereocenters. The number of hydrogen-bond acceptors (Lipinski definition) is 4. The summed E-state index contributed by atoms with van der Waals surface area (Å²) < 4.78 is 0. The summed E-state index contributed by atoms with van der Waals surface area (Å²) >= 11 is 1.84. The standard InChI is InChI=1S/C11H17N3S/c1-2-9(1)10-8-15-11(13-10)7-14-5-3-12-4-6-14/h8-9,12H,1-7H2. The highest BCUT2D eigenvalue weighted by atomic mass is 32.1. The molecule has 2 fully saturated rings. The first-order chi connectivity index (χ1) is 7.42. The normalized spacial score (nSPS) is 23.2. The summed E-state index contributed by atoms with van der Waals surface area (Å²) in [6.45, 7) is 5.64. The minimum atomic E-state index is 0.804. The van der Waals surface area contributed by atoms with E-state index in [1.165, 1.54) is 36.6 Å². The van der Waals surface area contributed by atoms with E-state index in [9.17, 15) is 0 Å². The maximum atomic E-state index is 4.72. The van der Waals surface area contributed by atoms with E-state index in [0.29, 0.717) is 0 Å². The average Bonchev–Trinajstić information content (AvgIpc) is 3.02. The lowest BCUT2D eigenvalue weighted by molar-refractivity contribution is 0.233. The van der Waals surface area contributed by atoms with Crippen LogP contribution in [0.5, 0.6) is 0 Å². The number of aromatic nitrogens is 1. The largest absolute Gasteiger partial charge is 0.314 e. The zero-order valence-corrected chi connectivity index (χ0v) is 9.72. The van der Waals surface area contributed by atoms with E-state index in [-0.39, 0.29) is 0 Å². The lowest BCUT2D eigenvalue weighted by Gasteiger charge is -2.26. The first-order valence-electron chi connectivity index (χ1n) is 5.79. The van der Waals surface area contributed by atoms with Gasteiger partial charge in [0, 0.05) is 37.5 Å². The van der Waals surface area contributed by atoms with Crippen molar-refractivity contribution in [2.75, 3.05) is 26.2 Å². The van der Waals surface area contributed by atoms with Gasteiger partial charge in [-0.25, -0.2) is 4.98 Å². The molecule has 4 heteroatoms. The average molecular weight is 223 g/mol. The molecule has 2 aliphatic rings. The SMILES string of the molecule is c1sc(CN2CCNCC2)nc1C1CC1. The van der Waals surface area contributed by atoms with Crippen molar-refractivity contribution in [1.29, 1.82) is 0 Å². The van der Waals surface area contributed by atoms with E-state index in [2.05, 4.69) is 15.6 Å². The van der Waals surface area contributed by atoms with Crippen molar-refractivity contribution < 1.29 is 0 Å². The van der Waals surface area contributed by atoms with Crippen molar-refractivity contribution in [2.24, 2.45) is 0 Å². The number of nitrogens with zero attached hydrogens (tertiary/aromatic N) is 2. The van der Waals surface area contributed by atoms with Crippen molar-refractivity contribution in [1.82, 2.24) is 15.2 Å². The van der Waals surface area contributed by atoms with Gasteiger partial charge in [0.15, 0.2) is 0 Å². The lowest BCUT2D eigenvalue weighted by Crippen LogP contribution is -2.42. The van der Waals surface area contributed by atoms with E-state index < -0.39 is 0 Å². The van der Waals surface area contributed by atoms with Gasteiger partial charge in [0.05, 0.1) is 12.2 Å². The van der Waals surface area contributed by atoms with Gasteiger partial charge in [0.1, 0.15) is 5.01 Å². The molecule has 0 aromatic carbocycles. The Balaban J connectivity index is 1.60. The first-order valence-corrected chi connectivity index (χ1v) is 6.67. The third-order valence-corrected chi connectivity index (χ3v) is 3.99. The summed E-state index contributed by atoms with van der Waals surface area (Å²) in [6, 6.07) is 0. The molecule has 2 heterocycles. The monoisotopic (exact) mass is 223 g/mol. The molecule has 1 saturated heterocycles. The van der Waals surface area contributed by atoms with Crippen LogP contribution < -0.4 is 5.32 Å². The Labute approximate surface area is 94.5 Å². The van der Waals surface area contributed by atoms with Crippen molar-refractivity contribution in [2.45, 2.75) is 25.3 Å². The fourth-order valence-electron chi connectivity index (χ4n) is 2.02. The van der Waals surface area contributed by atoms with Gasteiger partial charge in [-0.15, -0.1) is 11.3 Å². The van der Waals surface area contributed by atoms with E-state index in [4.69, 9.17) is 4.98 Å². The number of rotatable bonds is 3. The molecule has 0 radical (unpaired) electrons. The minimum absolute atomic E-state index is 0.804. The van der Waals surface area contributed by atoms with Crippen LogP contribution in [0.3, 0.4) is 0 Å². The summed E-state index contributed by atoms with van der Waals surface area (Å²) in [5, 5.41) is 6.94. The summed E-state index contributed by atoms with van der Waals surface area (Å²) in [5.74, 6) is 0.804. The van der Waals surface area contributed by atoms with Crippen LogP contribution >= 0.6 is 11.3 Å². The maximum absolute atomic E-state index is 4.72. The van der Waals surface area contributed by atoms with E-state index in [1.54, 1.807) is 0 Å². The van der Waals surface area contributed by atoms with Crippen molar-refractivity contribution in [3.05, 3.63) is 16.1 Å². The van der Waals surface area contributed by atoms with Crippen LogP contribution in [0.25, 0.3) is 0 Å². The van der Waals surface area contributed by atoms with Gasteiger partial charge in [0.2, 0.25) is 0 Å². The molecule has 1 saturated carbocycles. The molecule has 1 N–H and O–H groups in total. The van der Waals surface area contributed by atoms with Crippen LogP contribution in [0.15, 0.2) is 5.38 Å². The van der Waals surface area contributed by atoms with E-state index in [1.807, 2.05) is 11.3 Å². The highest BCUT2D eigenvalue weighted by Gasteiger charge is 2.26. The molecular formula is C11H17N3S. The lowest BCUT2D eigenvalue weighted by atomic mass is 10.3. The van der Waals surface area contributed by atoms with Crippen LogP contribution in [0.1, 0.15) is 29.5 Å². The molecule has 0 spiro atoms. The third kappa shape index (κ3) is 2.38. The first kappa shape index (κ1) is 9.75. The number of thiazole rings is 1. The van der Waals surface area contributed by atoms with Gasteiger partial charge in [0.25, 0.3) is 0 Å². The van der Waals surface area contributed by atoms with Gasteiger partial charge in [-0.3, -0.25) is 4.90 Å². The molecule has 1 aliphatic heterocycles. The van der Waals surface area contributed by atoms with Gasteiger partial charge < -0.3 is 5.32 Å². The van der Waals surface area contributed by atoms with E-state index >= 15 is 0 Å². The zero-order chi connectivity index (χ0) is 10.1. The quantitative estimate of drug-likeness (QED) is 0.840. The molecule has 1 aliphatic carbocycles. The van der Waals surface area contributed by atoms with E-state index in [0.717, 1.165) is 25.6 Å². The van der Waals surface area contributed by atoms with Crippen LogP contribution in [0, 0.1) is 0 Å². The van der Waals surface area contributed by atoms with Crippen LogP contribution in [-0.4, -0.2) is 36.1 Å². The molecule has 3 nitrogen and oxygen atoms in total. The highest BCUT2D eigenvalue weighted by molar-refractivity contribution is 7.09. The predicted octanol–water partition coefficient (Wildman–Crippen LogP) is 1.43. The maximum Gasteiger partial charge on any atom is 0.107 e. The molecule has 82 valence electrons. The Hall–Kier alpha value is -0.450. The van der Waals surface area contributed by atoms with Crippen LogP contribution in [0.2, 0.25) is 0 Å². The molecule has 3 rings (SSSR count). The third-order valence-electron chi connectivity index (χ3n) is 3.13. The van der Waals surface area contributed by atoms with Gasteiger partial charge in [-0.1, -0.05) is 0 Å². The second kappa shape index (κ2) is 4.20. The molecule has 0 unspecified atom stereocenters. The minimum Gasteiger partial charge on any atom is -0.314 e. The van der Waals surface area contributed by atoms with Crippen LogP contribution in [-0.2, 0) is 6.54 Å². The summed E-state index contributed by atoms with van der Waals surface area (Å²) in [4.78, 5) is 7.21. The Kier molecular flexibility index (Phi) is 2.73. The zero-order valence-electron chi connectivity index (χ0n) is 8.91. The molecule has 1 aromatic rings. The summed E-state index contributed by atoms with van der Waals surface area (Å²) in [5.41, 5.74) is 1.35. The van der Waals surface area contributed by atoms with Crippen LogP contribution in [0.4, 0.5) is 0 Å². The molecular weight excluding hydrogens is 206 g/mol. The number of piperazine rings is 1. The Bertz CT molecular complexity index is 326. The number of hydrogen-bond donors (Lipinski definition) is 1. The van der Waals surface area contributed by atoms with Crippen molar-refractivity contribution >= 4 is 11.3 Å². The predicted molar refractivity (Wildman–Crippen MR) is 62.2 cm³/mol. The fraction of sp³-hybridized carbons (Fsp3) is 0.727. The second-order valence-corrected chi connectivity index (χ2v) is 5.41. The van der Waals surface area contributed by atoms with Crippen molar-refractivity contribution in [3.63, 3.8) is 0 Å². The van der Waals surface area contributed by atoms with Crippen molar-refractivity contribution in [3.8, 4) is 0 Å². The molecule has 0 bridgehead atoms. The topological polar surface area (TPSA) is 28.2 Å².